The van der Waals surface area contributed by atoms with E-state index in [-0.39, 0.29) is 27.6 Å². The van der Waals surface area contributed by atoms with Crippen molar-refractivity contribution in [1.29, 1.82) is 0 Å². The van der Waals surface area contributed by atoms with Crippen LogP contribution in [0.25, 0.3) is 11.2 Å². The Morgan fingerprint density at radius 2 is 1.60 bits per heavy atom. The van der Waals surface area contributed by atoms with Crippen molar-refractivity contribution >= 4 is 70.4 Å². The standard InChI is InChI=1S/C34H35F2N7O13P2S2/c1-18-2-6-20(7-3-18)41-60(49,50)22-8-4-19(5-9-22)15-59-58(48)52-14-24-26(35)29(33(53-24)42-11-10-21(44)12-25(42)45)55-57(46,47)51-13-23-27(36)30(56-58)34(54-23)43-17-40-28-31(37)38-16-39-32(28)43/h2-11,16-17,23-24,26-27,29-30,33-34,41H,12-15H2,1H3,(H,46,47)(H2,37,38,39)/t23-,24-,26-,27-,29-,30-,33-,34-,58?/m1/s1. The van der Waals surface area contributed by atoms with Crippen molar-refractivity contribution < 1.29 is 68.4 Å². The number of nitrogens with one attached hydrogen (secondary N) is 1. The number of allylic oxidation sites excluding steroid dienone is 1. The molecule has 3 fully saturated rings. The van der Waals surface area contributed by atoms with Crippen molar-refractivity contribution in [3.05, 3.63) is 84.6 Å². The summed E-state index contributed by atoms with van der Waals surface area (Å²) in [4.78, 5) is 48.3. The van der Waals surface area contributed by atoms with E-state index in [1.54, 1.807) is 24.3 Å². The highest BCUT2D eigenvalue weighted by Crippen LogP contribution is 2.65. The first kappa shape index (κ1) is 42.5. The summed E-state index contributed by atoms with van der Waals surface area (Å²) in [5, 5.41) is 0. The summed E-state index contributed by atoms with van der Waals surface area (Å²) in [5.74, 6) is -1.61. The van der Waals surface area contributed by atoms with Crippen molar-refractivity contribution in [3.63, 3.8) is 0 Å². The molecule has 1 amide bonds. The summed E-state index contributed by atoms with van der Waals surface area (Å²) in [6.45, 7) is -4.73. The molecule has 8 rings (SSSR count). The zero-order valence-corrected chi connectivity index (χ0v) is 34.4. The van der Waals surface area contributed by atoms with Crippen molar-refractivity contribution in [2.24, 2.45) is 0 Å². The number of carbonyl (C=O) groups excluding carboxylic acids is 2. The lowest BCUT2D eigenvalue weighted by Crippen LogP contribution is -2.46. The number of imidazole rings is 1. The van der Waals surface area contributed by atoms with E-state index in [1.165, 1.54) is 35.2 Å². The number of phosphoric acid groups is 1. The lowest BCUT2D eigenvalue weighted by atomic mass is 10.1. The number of phosphoric ester groups is 1. The molecule has 26 heteroatoms. The maximum absolute atomic E-state index is 16.6. The molecule has 0 radical (unpaired) electrons. The number of alkyl halides is 2. The third kappa shape index (κ3) is 8.77. The summed E-state index contributed by atoms with van der Waals surface area (Å²) in [7, 11) is -9.29. The van der Waals surface area contributed by atoms with Crippen LogP contribution in [0, 0.1) is 6.92 Å². The van der Waals surface area contributed by atoms with Gasteiger partial charge in [0.25, 0.3) is 10.0 Å². The van der Waals surface area contributed by atoms with Crippen LogP contribution in [0.5, 0.6) is 0 Å². The fourth-order valence-corrected chi connectivity index (χ4v) is 12.0. The number of fused-ring (bicyclic) bond motifs is 5. The minimum atomic E-state index is -5.29. The molecule has 320 valence electrons. The number of ketones is 1. The Balaban J connectivity index is 1.10. The fourth-order valence-electron chi connectivity index (χ4n) is 6.68. The molecule has 0 aliphatic carbocycles. The maximum Gasteiger partial charge on any atom is 0.472 e. The number of nitrogen functional groups attached to an aromatic ring is 1. The van der Waals surface area contributed by atoms with E-state index in [2.05, 4.69) is 19.7 Å². The number of nitrogens with two attached hydrogens (primary N) is 1. The largest absolute Gasteiger partial charge is 0.472 e. The Morgan fingerprint density at radius 1 is 0.933 bits per heavy atom. The molecular formula is C34H35F2N7O13P2S2. The van der Waals surface area contributed by atoms with Gasteiger partial charge in [0.2, 0.25) is 5.91 Å². The van der Waals surface area contributed by atoms with E-state index in [4.69, 9.17) is 33.3 Å². The van der Waals surface area contributed by atoms with Crippen LogP contribution in [0.1, 0.15) is 23.8 Å². The normalized spacial score (nSPS) is 32.6. The monoisotopic (exact) mass is 913 g/mol. The topological polar surface area (TPSA) is 263 Å². The quantitative estimate of drug-likeness (QED) is 0.166. The van der Waals surface area contributed by atoms with E-state index in [1.807, 2.05) is 6.92 Å². The van der Waals surface area contributed by atoms with Crippen LogP contribution >= 0.6 is 26.0 Å². The number of sulfonamides is 1. The van der Waals surface area contributed by atoms with Gasteiger partial charge in [0.15, 0.2) is 42.0 Å². The molecule has 4 bridgehead atoms. The van der Waals surface area contributed by atoms with E-state index in [9.17, 15) is 32.0 Å². The van der Waals surface area contributed by atoms with Crippen LogP contribution in [0.15, 0.2) is 78.4 Å². The zero-order valence-electron chi connectivity index (χ0n) is 31.0. The molecule has 10 atom stereocenters. The number of ether oxygens (including phenoxy) is 2. The van der Waals surface area contributed by atoms with Crippen molar-refractivity contribution in [3.8, 4) is 0 Å². The van der Waals surface area contributed by atoms with E-state index >= 15 is 8.78 Å². The second kappa shape index (κ2) is 16.6. The lowest BCUT2D eigenvalue weighted by Gasteiger charge is -2.31. The van der Waals surface area contributed by atoms with Crippen LogP contribution in [-0.2, 0) is 62.1 Å². The van der Waals surface area contributed by atoms with Crippen LogP contribution in [0.2, 0.25) is 0 Å². The second-order valence-corrected chi connectivity index (χ2v) is 21.0. The number of halogens is 2. The van der Waals surface area contributed by atoms with Crippen LogP contribution in [0.3, 0.4) is 0 Å². The first-order valence-electron chi connectivity index (χ1n) is 18.0. The lowest BCUT2D eigenvalue weighted by molar-refractivity contribution is -0.148. The number of aryl methyl sites for hydroxylation is 1. The molecule has 4 aromatic rings. The Hall–Kier alpha value is -4.19. The number of hydrogen-bond donors (Lipinski definition) is 3. The predicted octanol–water partition coefficient (Wildman–Crippen LogP) is 4.09. The molecule has 6 heterocycles. The number of hydrogen-bond acceptors (Lipinski definition) is 17. The molecule has 2 unspecified atom stereocenters. The van der Waals surface area contributed by atoms with Gasteiger partial charge in [-0.15, -0.1) is 0 Å². The number of anilines is 2. The molecule has 4 N–H and O–H groups in total. The van der Waals surface area contributed by atoms with Crippen molar-refractivity contribution in [2.75, 3.05) is 23.7 Å². The average Bonchev–Trinajstić information content (AvgIpc) is 3.86. The number of amides is 1. The van der Waals surface area contributed by atoms with Crippen LogP contribution < -0.4 is 10.5 Å². The fraction of sp³-hybridized carbons (Fsp3) is 0.382. The Bertz CT molecular complexity index is 2540. The van der Waals surface area contributed by atoms with Gasteiger partial charge in [0, 0.05) is 17.6 Å². The maximum atomic E-state index is 16.6. The first-order valence-corrected chi connectivity index (χ1v) is 24.1. The van der Waals surface area contributed by atoms with Gasteiger partial charge in [-0.3, -0.25) is 41.9 Å². The van der Waals surface area contributed by atoms with Gasteiger partial charge in [-0.25, -0.2) is 41.3 Å². The molecule has 60 heavy (non-hydrogen) atoms. The minimum Gasteiger partial charge on any atom is -0.382 e. The van der Waals surface area contributed by atoms with Gasteiger partial charge < -0.3 is 20.1 Å². The van der Waals surface area contributed by atoms with Gasteiger partial charge in [-0.2, -0.15) is 0 Å². The van der Waals surface area contributed by atoms with E-state index in [0.717, 1.165) is 29.1 Å². The highest BCUT2D eigenvalue weighted by molar-refractivity contribution is 8.54. The van der Waals surface area contributed by atoms with E-state index < -0.39 is 105 Å². The Morgan fingerprint density at radius 3 is 2.30 bits per heavy atom. The summed E-state index contributed by atoms with van der Waals surface area (Å²) < 4.78 is 125. The molecular weight excluding hydrogens is 878 g/mol. The van der Waals surface area contributed by atoms with Gasteiger partial charge in [0.1, 0.15) is 36.3 Å². The molecule has 4 aliphatic heterocycles. The molecule has 2 aromatic heterocycles. The SMILES string of the molecule is Cc1ccc(NS(=O)(=O)c2ccc(CSP3(=O)OC[C@H]4O[C@@H](N5C=CC(=O)CC5=O)[C@H](OP(=O)(O)OC[C@H]5O[C@@H](n6cnc7c(N)ncnc76)[C@H](O3)[C@@H]5F)[C@@H]4F)cc2)cc1. The van der Waals surface area contributed by atoms with Crippen LogP contribution in [0.4, 0.5) is 20.3 Å². The molecule has 4 aliphatic rings. The first-order chi connectivity index (χ1) is 28.5. The average molecular weight is 914 g/mol. The number of benzene rings is 2. The third-order valence-electron chi connectivity index (χ3n) is 9.73. The highest BCUT2D eigenvalue weighted by Gasteiger charge is 2.56. The second-order valence-electron chi connectivity index (χ2n) is 13.9. The number of rotatable bonds is 8. The molecule has 2 aromatic carbocycles. The molecule has 0 spiro atoms. The third-order valence-corrected chi connectivity index (χ3v) is 15.8. The minimum absolute atomic E-state index is 0.0283. The van der Waals surface area contributed by atoms with Crippen LogP contribution in [-0.4, -0.2) is 106 Å². The van der Waals surface area contributed by atoms with Gasteiger partial charge in [-0.05, 0) is 54.2 Å². The molecule has 20 nitrogen and oxygen atoms in total. The molecule has 3 saturated heterocycles. The van der Waals surface area contributed by atoms with Crippen molar-refractivity contribution in [2.45, 2.75) is 73.2 Å². The smallest absolute Gasteiger partial charge is 0.382 e. The summed E-state index contributed by atoms with van der Waals surface area (Å²) in [5.41, 5.74) is 7.82. The number of aromatic nitrogens is 4. The summed E-state index contributed by atoms with van der Waals surface area (Å²) in [6.07, 6.45) is -11.5. The van der Waals surface area contributed by atoms with Crippen molar-refractivity contribution in [1.82, 2.24) is 24.4 Å². The summed E-state index contributed by atoms with van der Waals surface area (Å²) >= 11 is 0.547. The summed E-state index contributed by atoms with van der Waals surface area (Å²) in [6, 6.07) is 12.3. The number of nitrogens with zero attached hydrogens (tertiary/aromatic N) is 5. The molecule has 0 saturated carbocycles. The Kier molecular flexibility index (Phi) is 11.8. The van der Waals surface area contributed by atoms with Gasteiger partial charge >= 0.3 is 14.6 Å². The van der Waals surface area contributed by atoms with E-state index in [0.29, 0.717) is 22.6 Å². The predicted molar refractivity (Wildman–Crippen MR) is 207 cm³/mol. The van der Waals surface area contributed by atoms with Gasteiger partial charge in [0.05, 0.1) is 30.9 Å². The highest BCUT2D eigenvalue weighted by atomic mass is 32.7. The van der Waals surface area contributed by atoms with Gasteiger partial charge in [-0.1, -0.05) is 29.8 Å². The Labute approximate surface area is 343 Å². The number of carbonyl (C=O) groups is 2. The zero-order chi connectivity index (χ0) is 42.6.